The molecule has 2 aliphatic rings. The van der Waals surface area contributed by atoms with Crippen molar-refractivity contribution in [3.8, 4) is 0 Å². The number of nitrogens with zero attached hydrogens (tertiary/aromatic N) is 3. The summed E-state index contributed by atoms with van der Waals surface area (Å²) in [5.74, 6) is 0. The van der Waals surface area contributed by atoms with Gasteiger partial charge in [0.05, 0.1) is 22.5 Å². The quantitative estimate of drug-likeness (QED) is 0.613. The minimum absolute atomic E-state index is 0.255. The van der Waals surface area contributed by atoms with Crippen LogP contribution in [0.4, 0.5) is 5.69 Å². The number of sulfonamides is 1. The van der Waals surface area contributed by atoms with Gasteiger partial charge in [0, 0.05) is 31.3 Å². The lowest BCUT2D eigenvalue weighted by molar-refractivity contribution is -0.387. The highest BCUT2D eigenvalue weighted by atomic mass is 32.2. The van der Waals surface area contributed by atoms with Gasteiger partial charge in [0.15, 0.2) is 4.90 Å². The fourth-order valence-corrected chi connectivity index (χ4v) is 5.78. The summed E-state index contributed by atoms with van der Waals surface area (Å²) in [5, 5.41) is 14.5. The maximum Gasteiger partial charge on any atom is 0.289 e. The molecule has 2 aliphatic heterocycles. The second-order valence-electron chi connectivity index (χ2n) is 6.24. The Kier molecular flexibility index (Phi) is 3.63. The van der Waals surface area contributed by atoms with Gasteiger partial charge in [-0.25, -0.2) is 13.4 Å². The van der Waals surface area contributed by atoms with Crippen LogP contribution in [0.2, 0.25) is 0 Å². The zero-order chi connectivity index (χ0) is 17.7. The summed E-state index contributed by atoms with van der Waals surface area (Å²) < 4.78 is 28.1. The van der Waals surface area contributed by atoms with Crippen molar-refractivity contribution in [1.82, 2.24) is 19.6 Å². The van der Waals surface area contributed by atoms with Gasteiger partial charge in [-0.3, -0.25) is 10.1 Å². The Bertz CT molecular complexity index is 933. The molecule has 1 saturated heterocycles. The summed E-state index contributed by atoms with van der Waals surface area (Å²) >= 11 is 0. The lowest BCUT2D eigenvalue weighted by Crippen LogP contribution is -2.54. The Labute approximate surface area is 144 Å². The minimum Gasteiger partial charge on any atom is -0.348 e. The molecule has 1 spiro atoms. The van der Waals surface area contributed by atoms with Crippen LogP contribution in [0, 0.1) is 10.1 Å². The standard InChI is InChI=1S/C15H17N5O4S/c21-20(22)12-3-1-2-4-13(12)25(23,24)19-8-5-11-14(18-10-17-11)15(19)6-7-16-9-15/h1-4,10,16H,5-9H2,(H,17,18). The Morgan fingerprint density at radius 1 is 1.32 bits per heavy atom. The molecule has 1 atom stereocenters. The summed E-state index contributed by atoms with van der Waals surface area (Å²) in [6.07, 6.45) is 2.65. The van der Waals surface area contributed by atoms with E-state index in [0.717, 1.165) is 5.69 Å². The number of rotatable bonds is 3. The minimum atomic E-state index is -4.05. The molecule has 0 radical (unpaired) electrons. The van der Waals surface area contributed by atoms with E-state index in [4.69, 9.17) is 0 Å². The number of hydrogen-bond donors (Lipinski definition) is 2. The maximum absolute atomic E-state index is 13.4. The Balaban J connectivity index is 1.88. The number of benzene rings is 1. The highest BCUT2D eigenvalue weighted by Crippen LogP contribution is 2.43. The van der Waals surface area contributed by atoms with Gasteiger partial charge in [-0.1, -0.05) is 12.1 Å². The molecular weight excluding hydrogens is 346 g/mol. The first-order valence-electron chi connectivity index (χ1n) is 7.96. The van der Waals surface area contributed by atoms with Gasteiger partial charge in [-0.2, -0.15) is 4.31 Å². The zero-order valence-corrected chi connectivity index (χ0v) is 14.1. The second kappa shape index (κ2) is 5.61. The van der Waals surface area contributed by atoms with Crippen molar-refractivity contribution in [3.05, 3.63) is 52.1 Å². The molecule has 1 aromatic carbocycles. The number of para-hydroxylation sites is 1. The van der Waals surface area contributed by atoms with E-state index < -0.39 is 26.2 Å². The molecule has 10 heteroatoms. The largest absolute Gasteiger partial charge is 0.348 e. The smallest absolute Gasteiger partial charge is 0.289 e. The number of nitro groups is 1. The Morgan fingerprint density at radius 3 is 2.84 bits per heavy atom. The number of imidazole rings is 1. The highest BCUT2D eigenvalue weighted by Gasteiger charge is 2.52. The molecule has 4 rings (SSSR count). The average Bonchev–Trinajstić information content (AvgIpc) is 3.25. The number of hydrogen-bond acceptors (Lipinski definition) is 6. The normalized spacial score (nSPS) is 23.7. The summed E-state index contributed by atoms with van der Waals surface area (Å²) in [5.41, 5.74) is 0.427. The van der Waals surface area contributed by atoms with Gasteiger partial charge in [-0.05, 0) is 19.0 Å². The van der Waals surface area contributed by atoms with Crippen LogP contribution in [0.25, 0.3) is 0 Å². The van der Waals surface area contributed by atoms with Gasteiger partial charge in [-0.15, -0.1) is 0 Å². The number of H-pyrrole nitrogens is 1. The van der Waals surface area contributed by atoms with E-state index in [1.165, 1.54) is 28.6 Å². The van der Waals surface area contributed by atoms with Crippen molar-refractivity contribution in [1.29, 1.82) is 0 Å². The number of nitro benzene ring substituents is 1. The van der Waals surface area contributed by atoms with Gasteiger partial charge in [0.25, 0.3) is 15.7 Å². The van der Waals surface area contributed by atoms with Crippen LogP contribution in [0.15, 0.2) is 35.5 Å². The first-order valence-corrected chi connectivity index (χ1v) is 9.40. The van der Waals surface area contributed by atoms with E-state index in [1.807, 2.05) is 0 Å². The van der Waals surface area contributed by atoms with E-state index in [2.05, 4.69) is 15.3 Å². The number of fused-ring (bicyclic) bond motifs is 2. The second-order valence-corrected chi connectivity index (χ2v) is 8.07. The lowest BCUT2D eigenvalue weighted by Gasteiger charge is -2.42. The molecule has 0 aliphatic carbocycles. The zero-order valence-electron chi connectivity index (χ0n) is 13.3. The molecule has 1 aromatic heterocycles. The molecule has 2 aromatic rings. The summed E-state index contributed by atoms with van der Waals surface area (Å²) in [6, 6.07) is 5.48. The molecule has 9 nitrogen and oxygen atoms in total. The predicted octanol–water partition coefficient (Wildman–Crippen LogP) is 0.753. The Morgan fingerprint density at radius 2 is 2.12 bits per heavy atom. The summed E-state index contributed by atoms with van der Waals surface area (Å²) in [6.45, 7) is 1.35. The fraction of sp³-hybridized carbons (Fsp3) is 0.400. The van der Waals surface area contributed by atoms with Gasteiger partial charge in [0.2, 0.25) is 0 Å². The summed E-state index contributed by atoms with van der Waals surface area (Å²) in [7, 11) is -4.05. The number of aromatic amines is 1. The number of nitrogens with one attached hydrogen (secondary N) is 2. The number of aromatic nitrogens is 2. The van der Waals surface area contributed by atoms with Crippen molar-refractivity contribution >= 4 is 15.7 Å². The van der Waals surface area contributed by atoms with Crippen LogP contribution in [-0.2, 0) is 22.0 Å². The van der Waals surface area contributed by atoms with Crippen LogP contribution in [0.5, 0.6) is 0 Å². The van der Waals surface area contributed by atoms with Crippen LogP contribution in [-0.4, -0.2) is 47.2 Å². The molecule has 0 saturated carbocycles. The first kappa shape index (κ1) is 16.2. The van der Waals surface area contributed by atoms with E-state index in [1.54, 1.807) is 6.33 Å². The van der Waals surface area contributed by atoms with Crippen LogP contribution in [0.1, 0.15) is 17.8 Å². The van der Waals surface area contributed by atoms with E-state index in [-0.39, 0.29) is 11.4 Å². The molecule has 3 heterocycles. The molecule has 2 N–H and O–H groups in total. The lowest BCUT2D eigenvalue weighted by atomic mass is 9.88. The van der Waals surface area contributed by atoms with Crippen LogP contribution >= 0.6 is 0 Å². The third kappa shape index (κ3) is 2.29. The van der Waals surface area contributed by atoms with Crippen LogP contribution in [0.3, 0.4) is 0 Å². The molecular formula is C15H17N5O4S. The van der Waals surface area contributed by atoms with Crippen molar-refractivity contribution in [2.45, 2.75) is 23.3 Å². The SMILES string of the molecule is O=[N+]([O-])c1ccccc1S(=O)(=O)N1CCc2[nH]cnc2C12CCNC2. The third-order valence-electron chi connectivity index (χ3n) is 4.96. The molecule has 1 unspecified atom stereocenters. The molecule has 25 heavy (non-hydrogen) atoms. The average molecular weight is 363 g/mol. The molecule has 132 valence electrons. The predicted molar refractivity (Wildman–Crippen MR) is 88.4 cm³/mol. The third-order valence-corrected chi connectivity index (χ3v) is 6.98. The maximum atomic E-state index is 13.4. The van der Waals surface area contributed by atoms with Crippen LogP contribution < -0.4 is 5.32 Å². The van der Waals surface area contributed by atoms with Crippen molar-refractivity contribution < 1.29 is 13.3 Å². The molecule has 1 fully saturated rings. The van der Waals surface area contributed by atoms with E-state index in [0.29, 0.717) is 31.6 Å². The van der Waals surface area contributed by atoms with Gasteiger partial charge >= 0.3 is 0 Å². The van der Waals surface area contributed by atoms with E-state index >= 15 is 0 Å². The summed E-state index contributed by atoms with van der Waals surface area (Å²) in [4.78, 5) is 17.8. The molecule has 0 bridgehead atoms. The molecule has 0 amide bonds. The van der Waals surface area contributed by atoms with Gasteiger partial charge in [0.1, 0.15) is 0 Å². The van der Waals surface area contributed by atoms with Crippen molar-refractivity contribution in [3.63, 3.8) is 0 Å². The monoisotopic (exact) mass is 363 g/mol. The van der Waals surface area contributed by atoms with Crippen molar-refractivity contribution in [2.75, 3.05) is 19.6 Å². The fourth-order valence-electron chi connectivity index (χ4n) is 3.85. The topological polar surface area (TPSA) is 121 Å². The highest BCUT2D eigenvalue weighted by molar-refractivity contribution is 7.89. The van der Waals surface area contributed by atoms with E-state index in [9.17, 15) is 18.5 Å². The van der Waals surface area contributed by atoms with Crippen molar-refractivity contribution in [2.24, 2.45) is 0 Å². The Hall–Kier alpha value is -2.30. The first-order chi connectivity index (χ1) is 12.0. The van der Waals surface area contributed by atoms with Gasteiger partial charge < -0.3 is 10.3 Å².